The molecule has 0 saturated heterocycles. The van der Waals surface area contributed by atoms with Crippen LogP contribution in [0.3, 0.4) is 0 Å². The molecule has 1 aromatic rings. The van der Waals surface area contributed by atoms with Gasteiger partial charge < -0.3 is 34.6 Å². The third-order valence-electron chi connectivity index (χ3n) is 8.72. The molecule has 1 rings (SSSR count). The van der Waals surface area contributed by atoms with E-state index in [0.29, 0.717) is 37.0 Å². The Morgan fingerprint density at radius 3 is 2.07 bits per heavy atom. The van der Waals surface area contributed by atoms with E-state index >= 15 is 0 Å². The van der Waals surface area contributed by atoms with E-state index in [9.17, 15) is 39.0 Å². The molecule has 0 saturated carbocycles. The van der Waals surface area contributed by atoms with Crippen molar-refractivity contribution in [2.45, 2.75) is 142 Å². The number of benzene rings is 1. The largest absolute Gasteiger partial charge is 0.481 e. The smallest absolute Gasteiger partial charge is 0.340 e. The molecule has 0 aliphatic heterocycles. The number of nitrogens with one attached hydrogen (secondary N) is 1. The van der Waals surface area contributed by atoms with Gasteiger partial charge in [0, 0.05) is 33.4 Å². The molecular weight excluding hydrogens is 720 g/mol. The van der Waals surface area contributed by atoms with Crippen molar-refractivity contribution in [3.8, 4) is 17.6 Å². The number of ketones is 1. The van der Waals surface area contributed by atoms with Crippen LogP contribution < -0.4 is 10.1 Å². The highest BCUT2D eigenvalue weighted by atomic mass is 16.6. The van der Waals surface area contributed by atoms with Crippen LogP contribution in [0, 0.1) is 17.8 Å². The number of amides is 2. The molecule has 0 unspecified atom stereocenters. The van der Waals surface area contributed by atoms with Gasteiger partial charge >= 0.3 is 17.9 Å². The molecule has 56 heavy (non-hydrogen) atoms. The van der Waals surface area contributed by atoms with Crippen molar-refractivity contribution < 1.29 is 53.2 Å². The number of nitrogens with zero attached hydrogens (tertiary/aromatic N) is 1. The van der Waals surface area contributed by atoms with Crippen molar-refractivity contribution in [1.82, 2.24) is 10.2 Å². The molecule has 0 spiro atoms. The van der Waals surface area contributed by atoms with Crippen molar-refractivity contribution in [2.24, 2.45) is 5.92 Å². The number of hydrogen-bond acceptors (Lipinski definition) is 10. The van der Waals surface area contributed by atoms with E-state index in [4.69, 9.17) is 14.2 Å². The first kappa shape index (κ1) is 49.3. The molecule has 0 radical (unpaired) electrons. The van der Waals surface area contributed by atoms with Crippen LogP contribution >= 0.6 is 0 Å². The number of carboxylic acids is 1. The molecule has 1 aromatic carbocycles. The minimum Gasteiger partial charge on any atom is -0.481 e. The van der Waals surface area contributed by atoms with Gasteiger partial charge in [-0.15, -0.1) is 5.92 Å². The first-order chi connectivity index (χ1) is 26.4. The highest BCUT2D eigenvalue weighted by molar-refractivity contribution is 5.95. The summed E-state index contributed by atoms with van der Waals surface area (Å²) < 4.78 is 16.2. The number of Topliss-reactive ketones (excluding diaryl/α,β-unsaturated/α-hetero) is 1. The molecule has 0 aliphatic carbocycles. The number of esters is 2. The molecule has 0 aliphatic rings. The number of rotatable bonds is 27. The van der Waals surface area contributed by atoms with Gasteiger partial charge in [-0.3, -0.25) is 19.2 Å². The Morgan fingerprint density at radius 1 is 0.911 bits per heavy atom. The Bertz CT molecular complexity index is 1500. The zero-order chi connectivity index (χ0) is 42.1. The van der Waals surface area contributed by atoms with E-state index in [2.05, 4.69) is 24.1 Å². The lowest BCUT2D eigenvalue weighted by atomic mass is 9.82. The number of aliphatic hydroxyl groups is 1. The number of aliphatic carboxylic acids is 1. The van der Waals surface area contributed by atoms with Crippen molar-refractivity contribution in [3.05, 3.63) is 42.0 Å². The summed E-state index contributed by atoms with van der Waals surface area (Å²) in [6, 6.07) is 5.21. The lowest BCUT2D eigenvalue weighted by Gasteiger charge is -2.34. The monoisotopic (exact) mass is 784 g/mol. The average molecular weight is 785 g/mol. The fraction of sp³-hybridized carbons (Fsp3) is 0.628. The number of carbonyl (C=O) groups excluding carboxylic acids is 5. The molecule has 3 N–H and O–H groups in total. The van der Waals surface area contributed by atoms with Crippen LogP contribution in [0.25, 0.3) is 0 Å². The molecule has 13 heteroatoms. The number of carbonyl (C=O) groups is 6. The van der Waals surface area contributed by atoms with Gasteiger partial charge in [0.15, 0.2) is 12.2 Å². The number of hydrogen-bond donors (Lipinski definition) is 3. The van der Waals surface area contributed by atoms with Gasteiger partial charge in [-0.2, -0.15) is 0 Å². The van der Waals surface area contributed by atoms with Crippen LogP contribution in [-0.2, 0) is 44.7 Å². The van der Waals surface area contributed by atoms with E-state index in [1.54, 1.807) is 37.3 Å². The Morgan fingerprint density at radius 2 is 1.52 bits per heavy atom. The zero-order valence-electron chi connectivity index (χ0n) is 34.4. The first-order valence-corrected chi connectivity index (χ1v) is 19.6. The summed E-state index contributed by atoms with van der Waals surface area (Å²) >= 11 is 0. The summed E-state index contributed by atoms with van der Waals surface area (Å²) in [6.07, 6.45) is 11.6. The molecule has 0 aromatic heterocycles. The van der Waals surface area contributed by atoms with Gasteiger partial charge in [0.25, 0.3) is 5.91 Å². The number of ether oxygens (including phenoxy) is 3. The van der Waals surface area contributed by atoms with Crippen LogP contribution in [-0.4, -0.2) is 95.2 Å². The summed E-state index contributed by atoms with van der Waals surface area (Å²) in [7, 11) is 2.97. The summed E-state index contributed by atoms with van der Waals surface area (Å²) in [6.45, 7) is 8.01. The van der Waals surface area contributed by atoms with Crippen molar-refractivity contribution in [3.63, 3.8) is 0 Å². The van der Waals surface area contributed by atoms with Crippen LogP contribution in [0.4, 0.5) is 0 Å². The van der Waals surface area contributed by atoms with Crippen LogP contribution in [0.2, 0.25) is 0 Å². The molecule has 13 nitrogen and oxygen atoms in total. The van der Waals surface area contributed by atoms with Crippen molar-refractivity contribution in [1.29, 1.82) is 0 Å². The van der Waals surface area contributed by atoms with E-state index in [1.165, 1.54) is 52.3 Å². The fourth-order valence-corrected chi connectivity index (χ4v) is 5.56. The second-order valence-electron chi connectivity index (χ2n) is 15.1. The highest BCUT2D eigenvalue weighted by Gasteiger charge is 2.51. The van der Waals surface area contributed by atoms with Crippen LogP contribution in [0.5, 0.6) is 5.75 Å². The maximum absolute atomic E-state index is 14.1. The predicted molar refractivity (Wildman–Crippen MR) is 212 cm³/mol. The predicted octanol–water partition coefficient (Wildman–Crippen LogP) is 5.74. The van der Waals surface area contributed by atoms with E-state index in [0.717, 1.165) is 44.9 Å². The lowest BCUT2D eigenvalue weighted by molar-refractivity contribution is -0.187. The van der Waals surface area contributed by atoms with Crippen LogP contribution in [0.1, 0.15) is 124 Å². The minimum absolute atomic E-state index is 0.128. The quantitative estimate of drug-likeness (QED) is 0.0428. The Hall–Kier alpha value is -4.70. The van der Waals surface area contributed by atoms with Gasteiger partial charge in [-0.1, -0.05) is 75.7 Å². The third kappa shape index (κ3) is 20.3. The van der Waals surface area contributed by atoms with E-state index in [-0.39, 0.29) is 18.8 Å². The molecule has 3 atom stereocenters. The molecule has 0 fully saturated rings. The van der Waals surface area contributed by atoms with Gasteiger partial charge in [-0.05, 0) is 71.1 Å². The molecule has 312 valence electrons. The summed E-state index contributed by atoms with van der Waals surface area (Å²) in [5.41, 5.74) is -3.45. The topological polar surface area (TPSA) is 186 Å². The Labute approximate surface area is 332 Å². The first-order valence-electron chi connectivity index (χ1n) is 19.6. The molecule has 2 amide bonds. The maximum atomic E-state index is 14.1. The van der Waals surface area contributed by atoms with Gasteiger partial charge in [0.05, 0.1) is 12.3 Å². The van der Waals surface area contributed by atoms with E-state index in [1.807, 2.05) is 0 Å². The molecule has 0 bridgehead atoms. The lowest BCUT2D eigenvalue weighted by Crippen LogP contribution is -2.57. The Balaban J connectivity index is 3.28. The summed E-state index contributed by atoms with van der Waals surface area (Å²) in [4.78, 5) is 78.7. The van der Waals surface area contributed by atoms with Gasteiger partial charge in [0.2, 0.25) is 5.91 Å². The van der Waals surface area contributed by atoms with Crippen molar-refractivity contribution >= 4 is 35.5 Å². The second-order valence-corrected chi connectivity index (χ2v) is 15.1. The van der Waals surface area contributed by atoms with Gasteiger partial charge in [0.1, 0.15) is 29.8 Å². The van der Waals surface area contributed by atoms with Crippen LogP contribution in [0.15, 0.2) is 36.4 Å². The highest BCUT2D eigenvalue weighted by Crippen LogP contribution is 2.29. The second kappa shape index (κ2) is 26.2. The normalized spacial score (nSPS) is 13.4. The summed E-state index contributed by atoms with van der Waals surface area (Å²) in [5, 5.41) is 24.1. The number of unbranched alkanes of at least 4 members (excludes halogenated alkanes) is 8. The number of carboxylic acid groups (broad SMARTS) is 1. The fourth-order valence-electron chi connectivity index (χ4n) is 5.56. The SMILES string of the molecule is CC#CCOc1ccc(C[C@H](NC(=O)[C@@H](/C=C/CCCCCCC(=O)CCCCCCC)[C@@](O)(CC(=O)O)C(=O)OC(C)(C)C)C(=O)OCC(=O)N(C)C)cc1. The number of likely N-dealkylation sites (N-methyl/N-ethyl adjacent to an activating group) is 1. The number of allylic oxidation sites excluding steroid dienone is 1. The third-order valence-corrected chi connectivity index (χ3v) is 8.72. The van der Waals surface area contributed by atoms with E-state index < -0.39 is 65.9 Å². The van der Waals surface area contributed by atoms with Crippen molar-refractivity contribution in [2.75, 3.05) is 27.3 Å². The zero-order valence-corrected chi connectivity index (χ0v) is 34.4. The summed E-state index contributed by atoms with van der Waals surface area (Å²) in [5.74, 6) is -0.912. The molecular formula is C43H64N2O11. The standard InChI is InChI=1S/C43H64N2O11/c1-8-10-12-15-18-21-33(46)22-19-16-13-14-17-20-23-35(43(53,30-38(48)49)41(52)56-42(3,4)5)39(50)44-36(40(51)55-31-37(47)45(6)7)29-32-24-26-34(27-25-32)54-28-11-9-2/h20,23-27,35-36,53H,8,10,12-19,21-22,28-31H2,1-7H3,(H,44,50)(H,48,49)/b23-20+/t35-,36+,43+/m1/s1. The Kier molecular flexibility index (Phi) is 23.1. The average Bonchev–Trinajstić information content (AvgIpc) is 3.12. The maximum Gasteiger partial charge on any atom is 0.340 e. The molecule has 0 heterocycles. The van der Waals surface area contributed by atoms with Gasteiger partial charge in [-0.25, -0.2) is 9.59 Å². The minimum atomic E-state index is -2.87.